The second-order valence-corrected chi connectivity index (χ2v) is 4.36. The fraction of sp³-hybridized carbons (Fsp3) is 0.429. The summed E-state index contributed by atoms with van der Waals surface area (Å²) in [5.41, 5.74) is 3.90. The quantitative estimate of drug-likeness (QED) is 0.808. The summed E-state index contributed by atoms with van der Waals surface area (Å²) < 4.78 is 0. The Kier molecular flexibility index (Phi) is 3.62. The highest BCUT2D eigenvalue weighted by atomic mass is 15.0. The van der Waals surface area contributed by atoms with E-state index < -0.39 is 0 Å². The molecule has 0 unspecified atom stereocenters. The molecule has 0 spiro atoms. The topological polar surface area (TPSA) is 24.1 Å². The standard InChI is InChI=1S/C14H20N2/c1-3-6-14(12-9-15-10-12)16-13-8-5-4-7-11(13)2/h4-8,12,15-16H,3,9-10H2,1-2H3/b14-6+. The fourth-order valence-corrected chi connectivity index (χ4v) is 1.92. The van der Waals surface area contributed by atoms with Crippen LogP contribution in [0.3, 0.4) is 0 Å². The molecule has 86 valence electrons. The van der Waals surface area contributed by atoms with Gasteiger partial charge in [-0.1, -0.05) is 31.2 Å². The Morgan fingerprint density at radius 3 is 2.75 bits per heavy atom. The van der Waals surface area contributed by atoms with Gasteiger partial charge in [-0.05, 0) is 25.0 Å². The minimum absolute atomic E-state index is 0.666. The van der Waals surface area contributed by atoms with Gasteiger partial charge in [-0.2, -0.15) is 0 Å². The first kappa shape index (κ1) is 11.2. The first-order valence-electron chi connectivity index (χ1n) is 6.04. The van der Waals surface area contributed by atoms with Crippen molar-refractivity contribution in [3.8, 4) is 0 Å². The lowest BCUT2D eigenvalue weighted by molar-refractivity contribution is 0.400. The molecule has 1 aliphatic rings. The first-order chi connectivity index (χ1) is 7.81. The largest absolute Gasteiger partial charge is 0.359 e. The zero-order chi connectivity index (χ0) is 11.4. The third kappa shape index (κ3) is 2.45. The molecule has 0 aromatic heterocycles. The Morgan fingerprint density at radius 2 is 2.19 bits per heavy atom. The summed E-state index contributed by atoms with van der Waals surface area (Å²) in [6.07, 6.45) is 3.39. The predicted molar refractivity (Wildman–Crippen MR) is 69.5 cm³/mol. The second-order valence-electron chi connectivity index (χ2n) is 4.36. The van der Waals surface area contributed by atoms with Crippen molar-refractivity contribution in [1.82, 2.24) is 5.32 Å². The van der Waals surface area contributed by atoms with Crippen LogP contribution in [-0.2, 0) is 0 Å². The molecule has 1 aromatic rings. The van der Waals surface area contributed by atoms with Gasteiger partial charge in [0.2, 0.25) is 0 Å². The molecule has 16 heavy (non-hydrogen) atoms. The summed E-state index contributed by atoms with van der Waals surface area (Å²) in [5.74, 6) is 0.666. The van der Waals surface area contributed by atoms with Gasteiger partial charge in [0, 0.05) is 30.4 Å². The number of benzene rings is 1. The average molecular weight is 216 g/mol. The van der Waals surface area contributed by atoms with Crippen molar-refractivity contribution in [2.75, 3.05) is 18.4 Å². The highest BCUT2D eigenvalue weighted by molar-refractivity contribution is 5.54. The van der Waals surface area contributed by atoms with Crippen molar-refractivity contribution in [3.05, 3.63) is 41.6 Å². The normalized spacial score (nSPS) is 17.0. The summed E-state index contributed by atoms with van der Waals surface area (Å²) in [6, 6.07) is 8.45. The average Bonchev–Trinajstić information content (AvgIpc) is 2.19. The Morgan fingerprint density at radius 1 is 1.44 bits per heavy atom. The number of rotatable bonds is 4. The Bertz CT molecular complexity index is 378. The molecule has 1 heterocycles. The first-order valence-corrected chi connectivity index (χ1v) is 6.04. The number of para-hydroxylation sites is 1. The van der Waals surface area contributed by atoms with Gasteiger partial charge < -0.3 is 10.6 Å². The van der Waals surface area contributed by atoms with Crippen LogP contribution in [0.25, 0.3) is 0 Å². The number of aryl methyl sites for hydroxylation is 1. The third-order valence-corrected chi connectivity index (χ3v) is 3.07. The maximum atomic E-state index is 3.57. The van der Waals surface area contributed by atoms with Crippen LogP contribution in [0, 0.1) is 12.8 Å². The second kappa shape index (κ2) is 5.17. The number of hydrogen-bond donors (Lipinski definition) is 2. The molecule has 2 rings (SSSR count). The Labute approximate surface area is 97.8 Å². The van der Waals surface area contributed by atoms with Crippen LogP contribution in [0.4, 0.5) is 5.69 Å². The number of hydrogen-bond acceptors (Lipinski definition) is 2. The van der Waals surface area contributed by atoms with E-state index in [1.165, 1.54) is 16.9 Å². The van der Waals surface area contributed by atoms with Crippen LogP contribution in [0.15, 0.2) is 36.0 Å². The molecule has 0 aliphatic carbocycles. The highest BCUT2D eigenvalue weighted by Gasteiger charge is 2.21. The predicted octanol–water partition coefficient (Wildman–Crippen LogP) is 2.92. The van der Waals surface area contributed by atoms with Gasteiger partial charge in [-0.3, -0.25) is 0 Å². The minimum atomic E-state index is 0.666. The summed E-state index contributed by atoms with van der Waals surface area (Å²) in [4.78, 5) is 0. The molecule has 1 saturated heterocycles. The van der Waals surface area contributed by atoms with Crippen LogP contribution in [0.5, 0.6) is 0 Å². The highest BCUT2D eigenvalue weighted by Crippen LogP contribution is 2.22. The molecule has 0 saturated carbocycles. The van der Waals surface area contributed by atoms with E-state index in [0.29, 0.717) is 5.92 Å². The van der Waals surface area contributed by atoms with Crippen molar-refractivity contribution in [2.45, 2.75) is 20.3 Å². The molecular formula is C14H20N2. The van der Waals surface area contributed by atoms with Gasteiger partial charge in [-0.25, -0.2) is 0 Å². The fourth-order valence-electron chi connectivity index (χ4n) is 1.92. The minimum Gasteiger partial charge on any atom is -0.359 e. The maximum Gasteiger partial charge on any atom is 0.0411 e. The lowest BCUT2D eigenvalue weighted by Gasteiger charge is -2.30. The van der Waals surface area contributed by atoms with E-state index in [1.807, 2.05) is 0 Å². The zero-order valence-corrected chi connectivity index (χ0v) is 10.1. The van der Waals surface area contributed by atoms with Crippen LogP contribution in [0.2, 0.25) is 0 Å². The van der Waals surface area contributed by atoms with Gasteiger partial charge in [0.15, 0.2) is 0 Å². The number of allylic oxidation sites excluding steroid dienone is 1. The molecular weight excluding hydrogens is 196 g/mol. The van der Waals surface area contributed by atoms with Gasteiger partial charge in [0.05, 0.1) is 0 Å². The summed E-state index contributed by atoms with van der Waals surface area (Å²) >= 11 is 0. The van der Waals surface area contributed by atoms with Crippen LogP contribution >= 0.6 is 0 Å². The SMILES string of the molecule is CC/C=C(/Nc1ccccc1C)C1CNC1. The Hall–Kier alpha value is -1.28. The van der Waals surface area contributed by atoms with Gasteiger partial charge in [0.25, 0.3) is 0 Å². The van der Waals surface area contributed by atoms with E-state index in [9.17, 15) is 0 Å². The van der Waals surface area contributed by atoms with E-state index in [-0.39, 0.29) is 0 Å². The molecule has 0 bridgehead atoms. The van der Waals surface area contributed by atoms with Crippen LogP contribution < -0.4 is 10.6 Å². The summed E-state index contributed by atoms with van der Waals surface area (Å²) in [5, 5.41) is 6.89. The number of anilines is 1. The van der Waals surface area contributed by atoms with Gasteiger partial charge in [0.1, 0.15) is 0 Å². The molecule has 1 aromatic carbocycles. The zero-order valence-electron chi connectivity index (χ0n) is 10.1. The molecule has 1 aliphatic heterocycles. The molecule has 2 heteroatoms. The monoisotopic (exact) mass is 216 g/mol. The van der Waals surface area contributed by atoms with E-state index in [1.54, 1.807) is 0 Å². The smallest absolute Gasteiger partial charge is 0.0411 e. The van der Waals surface area contributed by atoms with Gasteiger partial charge >= 0.3 is 0 Å². The summed E-state index contributed by atoms with van der Waals surface area (Å²) in [7, 11) is 0. The van der Waals surface area contributed by atoms with Gasteiger partial charge in [-0.15, -0.1) is 0 Å². The van der Waals surface area contributed by atoms with E-state index in [2.05, 4.69) is 54.8 Å². The van der Waals surface area contributed by atoms with Crippen molar-refractivity contribution >= 4 is 5.69 Å². The Balaban J connectivity index is 2.11. The number of nitrogens with one attached hydrogen (secondary N) is 2. The molecule has 2 N–H and O–H groups in total. The van der Waals surface area contributed by atoms with E-state index >= 15 is 0 Å². The molecule has 1 fully saturated rings. The van der Waals surface area contributed by atoms with E-state index in [4.69, 9.17) is 0 Å². The third-order valence-electron chi connectivity index (χ3n) is 3.07. The van der Waals surface area contributed by atoms with Crippen LogP contribution in [-0.4, -0.2) is 13.1 Å². The van der Waals surface area contributed by atoms with Crippen LogP contribution in [0.1, 0.15) is 18.9 Å². The maximum absolute atomic E-state index is 3.57. The molecule has 0 radical (unpaired) electrons. The van der Waals surface area contributed by atoms with Crippen molar-refractivity contribution in [1.29, 1.82) is 0 Å². The lowest BCUT2D eigenvalue weighted by atomic mass is 9.97. The van der Waals surface area contributed by atoms with Crippen molar-refractivity contribution < 1.29 is 0 Å². The lowest BCUT2D eigenvalue weighted by Crippen LogP contribution is -2.44. The van der Waals surface area contributed by atoms with Crippen molar-refractivity contribution in [2.24, 2.45) is 5.92 Å². The molecule has 0 atom stereocenters. The van der Waals surface area contributed by atoms with Crippen molar-refractivity contribution in [3.63, 3.8) is 0 Å². The molecule has 0 amide bonds. The molecule has 2 nitrogen and oxygen atoms in total. The summed E-state index contributed by atoms with van der Waals surface area (Å²) in [6.45, 7) is 6.53. The van der Waals surface area contributed by atoms with E-state index in [0.717, 1.165) is 19.5 Å².